The second-order valence-corrected chi connectivity index (χ2v) is 4.14. The van der Waals surface area contributed by atoms with Gasteiger partial charge in [-0.25, -0.2) is 0 Å². The molecule has 0 aliphatic carbocycles. The van der Waals surface area contributed by atoms with Gasteiger partial charge in [-0.15, -0.1) is 0 Å². The largest absolute Gasteiger partial charge is 0.497 e. The maximum Gasteiger partial charge on any atom is 0.127 e. The molecule has 2 rings (SSSR count). The van der Waals surface area contributed by atoms with E-state index in [0.29, 0.717) is 0 Å². The fraction of sp³-hybridized carbons (Fsp3) is 0.200. The average Bonchev–Trinajstić information content (AvgIpc) is 2.40. The average molecular weight is 243 g/mol. The zero-order valence-corrected chi connectivity index (χ0v) is 10.6. The lowest BCUT2D eigenvalue weighted by Crippen LogP contribution is -2.04. The number of hydrogen-bond donors (Lipinski definition) is 1. The maximum atomic E-state index is 5.79. The van der Waals surface area contributed by atoms with Crippen molar-refractivity contribution < 1.29 is 9.47 Å². The number of hydrogen-bond acceptors (Lipinski definition) is 3. The Hall–Kier alpha value is -2.00. The van der Waals surface area contributed by atoms with Crippen LogP contribution in [0.15, 0.2) is 48.5 Å². The molecular formula is C15H17NO2. The molecule has 0 aliphatic heterocycles. The van der Waals surface area contributed by atoms with Gasteiger partial charge in [-0.2, -0.15) is 0 Å². The van der Waals surface area contributed by atoms with Crippen molar-refractivity contribution >= 4 is 0 Å². The van der Waals surface area contributed by atoms with Crippen molar-refractivity contribution in [3.05, 3.63) is 54.1 Å². The third-order valence-electron chi connectivity index (χ3n) is 2.70. The Bertz CT molecular complexity index is 489. The normalized spacial score (nSPS) is 11.9. The summed E-state index contributed by atoms with van der Waals surface area (Å²) >= 11 is 0. The number of nitrogens with two attached hydrogens (primary N) is 1. The number of rotatable bonds is 4. The molecule has 2 aromatic rings. The summed E-state index contributed by atoms with van der Waals surface area (Å²) in [6.07, 6.45) is 0. The van der Waals surface area contributed by atoms with Gasteiger partial charge >= 0.3 is 0 Å². The summed E-state index contributed by atoms with van der Waals surface area (Å²) in [7, 11) is 1.64. The van der Waals surface area contributed by atoms with Crippen LogP contribution in [0.5, 0.6) is 17.2 Å². The van der Waals surface area contributed by atoms with Crippen LogP contribution >= 0.6 is 0 Å². The Labute approximate surface area is 107 Å². The number of ether oxygens (including phenoxy) is 2. The Morgan fingerprint density at radius 1 is 0.833 bits per heavy atom. The highest BCUT2D eigenvalue weighted by molar-refractivity contribution is 5.36. The molecule has 3 heteroatoms. The molecule has 0 radical (unpaired) electrons. The Morgan fingerprint density at radius 2 is 1.28 bits per heavy atom. The second-order valence-electron chi connectivity index (χ2n) is 4.14. The lowest BCUT2D eigenvalue weighted by molar-refractivity contribution is 0.413. The van der Waals surface area contributed by atoms with Crippen molar-refractivity contribution in [3.8, 4) is 17.2 Å². The van der Waals surface area contributed by atoms with Gasteiger partial charge in [-0.1, -0.05) is 12.1 Å². The lowest BCUT2D eigenvalue weighted by atomic mass is 10.1. The van der Waals surface area contributed by atoms with Crippen molar-refractivity contribution in [3.63, 3.8) is 0 Å². The van der Waals surface area contributed by atoms with Crippen molar-refractivity contribution in [1.29, 1.82) is 0 Å². The van der Waals surface area contributed by atoms with Crippen molar-refractivity contribution in [2.75, 3.05) is 7.11 Å². The quantitative estimate of drug-likeness (QED) is 0.893. The predicted octanol–water partition coefficient (Wildman–Crippen LogP) is 3.51. The topological polar surface area (TPSA) is 44.5 Å². The monoisotopic (exact) mass is 243 g/mol. The highest BCUT2D eigenvalue weighted by Crippen LogP contribution is 2.24. The summed E-state index contributed by atoms with van der Waals surface area (Å²) in [5.74, 6) is 2.39. The van der Waals surface area contributed by atoms with Gasteiger partial charge in [0.05, 0.1) is 7.11 Å². The van der Waals surface area contributed by atoms with E-state index in [0.717, 1.165) is 22.8 Å². The highest BCUT2D eigenvalue weighted by atomic mass is 16.5. The summed E-state index contributed by atoms with van der Waals surface area (Å²) in [4.78, 5) is 0. The van der Waals surface area contributed by atoms with Gasteiger partial charge < -0.3 is 15.2 Å². The fourth-order valence-electron chi connectivity index (χ4n) is 1.62. The summed E-state index contributed by atoms with van der Waals surface area (Å²) < 4.78 is 10.8. The zero-order valence-electron chi connectivity index (χ0n) is 10.6. The first-order valence-electron chi connectivity index (χ1n) is 5.86. The van der Waals surface area contributed by atoms with Gasteiger partial charge in [-0.3, -0.25) is 0 Å². The van der Waals surface area contributed by atoms with E-state index in [4.69, 9.17) is 15.2 Å². The smallest absolute Gasteiger partial charge is 0.127 e. The molecule has 3 nitrogen and oxygen atoms in total. The van der Waals surface area contributed by atoms with E-state index >= 15 is 0 Å². The van der Waals surface area contributed by atoms with Crippen LogP contribution in [0.3, 0.4) is 0 Å². The molecular weight excluding hydrogens is 226 g/mol. The summed E-state index contributed by atoms with van der Waals surface area (Å²) in [5, 5.41) is 0. The van der Waals surface area contributed by atoms with Crippen molar-refractivity contribution in [2.45, 2.75) is 13.0 Å². The van der Waals surface area contributed by atoms with Crippen LogP contribution in [0.2, 0.25) is 0 Å². The summed E-state index contributed by atoms with van der Waals surface area (Å²) in [6, 6.07) is 15.3. The summed E-state index contributed by atoms with van der Waals surface area (Å²) in [6.45, 7) is 1.96. The van der Waals surface area contributed by atoms with E-state index < -0.39 is 0 Å². The molecule has 2 aromatic carbocycles. The first-order valence-corrected chi connectivity index (χ1v) is 5.86. The lowest BCUT2D eigenvalue weighted by Gasteiger charge is -2.09. The van der Waals surface area contributed by atoms with Crippen molar-refractivity contribution in [1.82, 2.24) is 0 Å². The minimum Gasteiger partial charge on any atom is -0.497 e. The Balaban J connectivity index is 2.08. The molecule has 0 aliphatic rings. The minimum atomic E-state index is 0.0417. The Morgan fingerprint density at radius 3 is 1.72 bits per heavy atom. The second kappa shape index (κ2) is 5.56. The van der Waals surface area contributed by atoms with Crippen LogP contribution < -0.4 is 15.2 Å². The van der Waals surface area contributed by atoms with Gasteiger partial charge in [0.15, 0.2) is 0 Å². The molecule has 0 saturated carbocycles. The van der Waals surface area contributed by atoms with Gasteiger partial charge in [-0.05, 0) is 48.9 Å². The van der Waals surface area contributed by atoms with E-state index in [1.54, 1.807) is 7.11 Å². The number of benzene rings is 2. The van der Waals surface area contributed by atoms with Crippen LogP contribution in [0.25, 0.3) is 0 Å². The highest BCUT2D eigenvalue weighted by Gasteiger charge is 2.01. The molecule has 1 unspecified atom stereocenters. The van der Waals surface area contributed by atoms with E-state index in [-0.39, 0.29) is 6.04 Å². The molecule has 18 heavy (non-hydrogen) atoms. The first kappa shape index (κ1) is 12.5. The van der Waals surface area contributed by atoms with Crippen LogP contribution in [-0.4, -0.2) is 7.11 Å². The van der Waals surface area contributed by atoms with Crippen LogP contribution in [0.1, 0.15) is 18.5 Å². The molecule has 0 heterocycles. The molecule has 0 saturated heterocycles. The molecule has 1 atom stereocenters. The third kappa shape index (κ3) is 3.02. The summed E-state index contributed by atoms with van der Waals surface area (Å²) in [5.41, 5.74) is 6.89. The van der Waals surface area contributed by atoms with Gasteiger partial charge in [0.1, 0.15) is 17.2 Å². The minimum absolute atomic E-state index is 0.0417. The maximum absolute atomic E-state index is 5.79. The molecule has 0 bridgehead atoms. The zero-order chi connectivity index (χ0) is 13.0. The van der Waals surface area contributed by atoms with Crippen molar-refractivity contribution in [2.24, 2.45) is 5.73 Å². The molecule has 0 amide bonds. The molecule has 94 valence electrons. The first-order chi connectivity index (χ1) is 8.69. The van der Waals surface area contributed by atoms with E-state index in [1.165, 1.54) is 0 Å². The predicted molar refractivity (Wildman–Crippen MR) is 72.1 cm³/mol. The van der Waals surface area contributed by atoms with Crippen LogP contribution in [0, 0.1) is 0 Å². The van der Waals surface area contributed by atoms with E-state index in [2.05, 4.69) is 0 Å². The van der Waals surface area contributed by atoms with Gasteiger partial charge in [0.2, 0.25) is 0 Å². The van der Waals surface area contributed by atoms with Crippen LogP contribution in [-0.2, 0) is 0 Å². The standard InChI is InChI=1S/C15H17NO2/c1-11(16)12-3-5-14(6-4-12)18-15-9-7-13(17-2)8-10-15/h3-11H,16H2,1-2H3. The van der Waals surface area contributed by atoms with Gasteiger partial charge in [0.25, 0.3) is 0 Å². The Kier molecular flexibility index (Phi) is 3.85. The molecule has 0 fully saturated rings. The van der Waals surface area contributed by atoms with Gasteiger partial charge in [0, 0.05) is 6.04 Å². The SMILES string of the molecule is COc1ccc(Oc2ccc(C(C)N)cc2)cc1. The van der Waals surface area contributed by atoms with E-state index in [1.807, 2.05) is 55.5 Å². The van der Waals surface area contributed by atoms with E-state index in [9.17, 15) is 0 Å². The number of methoxy groups -OCH3 is 1. The molecule has 0 aromatic heterocycles. The fourth-order valence-corrected chi connectivity index (χ4v) is 1.62. The third-order valence-corrected chi connectivity index (χ3v) is 2.70. The molecule has 0 spiro atoms. The molecule has 2 N–H and O–H groups in total. The van der Waals surface area contributed by atoms with Crippen LogP contribution in [0.4, 0.5) is 0 Å².